The first-order chi connectivity index (χ1) is 15.3. The lowest BCUT2D eigenvalue weighted by atomic mass is 10.1. The van der Waals surface area contributed by atoms with Crippen molar-refractivity contribution in [3.63, 3.8) is 0 Å². The van der Waals surface area contributed by atoms with Crippen LogP contribution in [0, 0.1) is 28.6 Å². The van der Waals surface area contributed by atoms with E-state index in [1.165, 1.54) is 18.7 Å². The van der Waals surface area contributed by atoms with Gasteiger partial charge in [0.2, 0.25) is 17.7 Å². The SMILES string of the molecule is CCN1C(=O)C(CCNc2cccc(N(C)C(C)=O)c2)SC1CC(C#N)C(=O)NCC#N. The van der Waals surface area contributed by atoms with Gasteiger partial charge in [-0.15, -0.1) is 11.8 Å². The van der Waals surface area contributed by atoms with Crippen LogP contribution in [0.15, 0.2) is 24.3 Å². The van der Waals surface area contributed by atoms with Crippen molar-refractivity contribution in [3.8, 4) is 12.1 Å². The van der Waals surface area contributed by atoms with E-state index >= 15 is 0 Å². The molecule has 2 N–H and O–H groups in total. The molecule has 0 radical (unpaired) electrons. The number of nitrogens with one attached hydrogen (secondary N) is 2. The summed E-state index contributed by atoms with van der Waals surface area (Å²) in [6.07, 6.45) is 0.808. The molecule has 9 nitrogen and oxygen atoms in total. The molecule has 0 spiro atoms. The molecule has 0 saturated carbocycles. The summed E-state index contributed by atoms with van der Waals surface area (Å²) in [7, 11) is 1.71. The summed E-state index contributed by atoms with van der Waals surface area (Å²) in [5.74, 6) is -1.46. The largest absolute Gasteiger partial charge is 0.385 e. The Morgan fingerprint density at radius 1 is 1.34 bits per heavy atom. The zero-order valence-corrected chi connectivity index (χ0v) is 19.3. The third-order valence-electron chi connectivity index (χ3n) is 5.26. The highest BCUT2D eigenvalue weighted by Gasteiger charge is 2.40. The minimum Gasteiger partial charge on any atom is -0.385 e. The summed E-state index contributed by atoms with van der Waals surface area (Å²) in [5, 5.41) is 23.2. The molecule has 2 rings (SSSR count). The Kier molecular flexibility index (Phi) is 9.36. The van der Waals surface area contributed by atoms with Crippen molar-refractivity contribution in [1.82, 2.24) is 10.2 Å². The molecular formula is C22H28N6O3S. The van der Waals surface area contributed by atoms with Crippen molar-refractivity contribution in [2.45, 2.75) is 37.3 Å². The Labute approximate surface area is 192 Å². The summed E-state index contributed by atoms with van der Waals surface area (Å²) in [6, 6.07) is 11.3. The predicted octanol–water partition coefficient (Wildman–Crippen LogP) is 1.93. The first kappa shape index (κ1) is 25.0. The van der Waals surface area contributed by atoms with Crippen molar-refractivity contribution < 1.29 is 14.4 Å². The fourth-order valence-corrected chi connectivity index (χ4v) is 4.99. The van der Waals surface area contributed by atoms with Crippen LogP contribution in [-0.4, -0.2) is 59.9 Å². The van der Waals surface area contributed by atoms with E-state index in [2.05, 4.69) is 10.6 Å². The van der Waals surface area contributed by atoms with Crippen molar-refractivity contribution in [3.05, 3.63) is 24.3 Å². The average molecular weight is 457 g/mol. The number of hydrogen-bond donors (Lipinski definition) is 2. The van der Waals surface area contributed by atoms with Crippen LogP contribution in [0.25, 0.3) is 0 Å². The lowest BCUT2D eigenvalue weighted by molar-refractivity contribution is -0.131. The Bertz CT molecular complexity index is 925. The normalized spacial score (nSPS) is 18.4. The van der Waals surface area contributed by atoms with Gasteiger partial charge in [-0.2, -0.15) is 10.5 Å². The third kappa shape index (κ3) is 6.38. The number of benzene rings is 1. The van der Waals surface area contributed by atoms with Crippen molar-refractivity contribution in [2.75, 3.05) is 36.9 Å². The molecule has 1 aliphatic heterocycles. The lowest BCUT2D eigenvalue weighted by Crippen LogP contribution is -2.38. The second-order valence-electron chi connectivity index (χ2n) is 7.34. The molecule has 32 heavy (non-hydrogen) atoms. The highest BCUT2D eigenvalue weighted by Crippen LogP contribution is 2.37. The van der Waals surface area contributed by atoms with Gasteiger partial charge in [0.1, 0.15) is 12.5 Å². The molecule has 1 fully saturated rings. The van der Waals surface area contributed by atoms with Crippen LogP contribution in [0.4, 0.5) is 11.4 Å². The maximum Gasteiger partial charge on any atom is 0.238 e. The highest BCUT2D eigenvalue weighted by molar-refractivity contribution is 8.01. The van der Waals surface area contributed by atoms with Gasteiger partial charge in [0, 0.05) is 44.9 Å². The van der Waals surface area contributed by atoms with E-state index in [0.29, 0.717) is 19.5 Å². The van der Waals surface area contributed by atoms with Gasteiger partial charge >= 0.3 is 0 Å². The topological polar surface area (TPSA) is 129 Å². The van der Waals surface area contributed by atoms with Gasteiger partial charge in [-0.25, -0.2) is 0 Å². The summed E-state index contributed by atoms with van der Waals surface area (Å²) in [5.41, 5.74) is 1.64. The molecule has 170 valence electrons. The Hall–Kier alpha value is -3.24. The molecule has 0 aromatic heterocycles. The van der Waals surface area contributed by atoms with Gasteiger partial charge in [0.05, 0.1) is 22.8 Å². The van der Waals surface area contributed by atoms with Crippen LogP contribution in [-0.2, 0) is 14.4 Å². The van der Waals surface area contributed by atoms with E-state index < -0.39 is 11.8 Å². The Morgan fingerprint density at radius 3 is 2.72 bits per heavy atom. The van der Waals surface area contributed by atoms with E-state index in [0.717, 1.165) is 11.4 Å². The molecule has 1 heterocycles. The van der Waals surface area contributed by atoms with Crippen LogP contribution in [0.2, 0.25) is 0 Å². The van der Waals surface area contributed by atoms with E-state index in [1.54, 1.807) is 16.8 Å². The number of rotatable bonds is 10. The summed E-state index contributed by atoms with van der Waals surface area (Å²) >= 11 is 1.47. The second-order valence-corrected chi connectivity index (χ2v) is 8.73. The molecule has 3 atom stereocenters. The molecule has 3 unspecified atom stereocenters. The second kappa shape index (κ2) is 12.0. The molecule has 1 aliphatic rings. The summed E-state index contributed by atoms with van der Waals surface area (Å²) in [4.78, 5) is 39.7. The molecule has 3 amide bonds. The van der Waals surface area contributed by atoms with Gasteiger partial charge in [0.25, 0.3) is 0 Å². The zero-order chi connectivity index (χ0) is 23.7. The number of nitriles is 2. The average Bonchev–Trinajstić information content (AvgIpc) is 3.09. The Balaban J connectivity index is 1.95. The number of carbonyl (C=O) groups is 3. The number of nitrogens with zero attached hydrogens (tertiary/aromatic N) is 4. The standard InChI is InChI=1S/C22H28N6O3S/c1-4-28-20(12-16(14-24)21(30)26-11-9-23)32-19(22(28)31)8-10-25-17-6-5-7-18(13-17)27(3)15(2)29/h5-7,13,16,19-20,25H,4,8,10-12H2,1-3H3,(H,26,30). The van der Waals surface area contributed by atoms with E-state index in [-0.39, 0.29) is 35.4 Å². The van der Waals surface area contributed by atoms with E-state index in [1.807, 2.05) is 43.3 Å². The number of carbonyl (C=O) groups excluding carboxylic acids is 3. The Morgan fingerprint density at radius 2 is 2.09 bits per heavy atom. The van der Waals surface area contributed by atoms with Crippen molar-refractivity contribution >= 4 is 40.9 Å². The van der Waals surface area contributed by atoms with Crippen LogP contribution < -0.4 is 15.5 Å². The van der Waals surface area contributed by atoms with E-state index in [4.69, 9.17) is 5.26 Å². The predicted molar refractivity (Wildman–Crippen MR) is 124 cm³/mol. The minimum absolute atomic E-state index is 0.00323. The maximum atomic E-state index is 12.8. The number of anilines is 2. The molecule has 1 saturated heterocycles. The van der Waals surface area contributed by atoms with Gasteiger partial charge in [0.15, 0.2) is 0 Å². The summed E-state index contributed by atoms with van der Waals surface area (Å²) < 4.78 is 0. The summed E-state index contributed by atoms with van der Waals surface area (Å²) in [6.45, 7) is 4.29. The highest BCUT2D eigenvalue weighted by atomic mass is 32.2. The first-order valence-electron chi connectivity index (χ1n) is 10.4. The fraction of sp³-hybridized carbons (Fsp3) is 0.500. The van der Waals surface area contributed by atoms with Crippen LogP contribution >= 0.6 is 11.8 Å². The lowest BCUT2D eigenvalue weighted by Gasteiger charge is -2.23. The van der Waals surface area contributed by atoms with Crippen LogP contribution in [0.5, 0.6) is 0 Å². The van der Waals surface area contributed by atoms with E-state index in [9.17, 15) is 19.6 Å². The zero-order valence-electron chi connectivity index (χ0n) is 18.5. The van der Waals surface area contributed by atoms with Crippen LogP contribution in [0.3, 0.4) is 0 Å². The van der Waals surface area contributed by atoms with Gasteiger partial charge in [-0.05, 0) is 31.5 Å². The molecule has 0 bridgehead atoms. The minimum atomic E-state index is -0.916. The van der Waals surface area contributed by atoms with Crippen molar-refractivity contribution in [1.29, 1.82) is 10.5 Å². The molecular weight excluding hydrogens is 428 g/mol. The number of hydrogen-bond acceptors (Lipinski definition) is 7. The third-order valence-corrected chi connectivity index (χ3v) is 6.79. The molecule has 1 aromatic carbocycles. The van der Waals surface area contributed by atoms with Gasteiger partial charge < -0.3 is 20.4 Å². The monoisotopic (exact) mass is 456 g/mol. The van der Waals surface area contributed by atoms with Gasteiger partial charge in [-0.3, -0.25) is 14.4 Å². The smallest absolute Gasteiger partial charge is 0.238 e. The molecule has 10 heteroatoms. The van der Waals surface area contributed by atoms with Gasteiger partial charge in [-0.1, -0.05) is 6.07 Å². The maximum absolute atomic E-state index is 12.8. The fourth-order valence-electron chi connectivity index (χ4n) is 3.41. The first-order valence-corrected chi connectivity index (χ1v) is 11.3. The molecule has 1 aromatic rings. The van der Waals surface area contributed by atoms with Crippen LogP contribution in [0.1, 0.15) is 26.7 Å². The van der Waals surface area contributed by atoms with Crippen molar-refractivity contribution in [2.24, 2.45) is 5.92 Å². The quantitative estimate of drug-likeness (QED) is 0.515. The number of amides is 3. The number of thioether (sulfide) groups is 1. The molecule has 0 aliphatic carbocycles.